The molecule has 4 nitrogen and oxygen atoms in total. The number of hydrogen-bond donors (Lipinski definition) is 1. The third-order valence-electron chi connectivity index (χ3n) is 3.19. The average molecular weight is 268 g/mol. The lowest BCUT2D eigenvalue weighted by Crippen LogP contribution is -2.25. The molecule has 3 rings (SSSR count). The molecule has 1 aromatic carbocycles. The van der Waals surface area contributed by atoms with Gasteiger partial charge in [0, 0.05) is 17.1 Å². The van der Waals surface area contributed by atoms with Gasteiger partial charge in [0.2, 0.25) is 0 Å². The van der Waals surface area contributed by atoms with Gasteiger partial charge in [-0.15, -0.1) is 0 Å². The molecule has 4 heteroatoms. The Balaban J connectivity index is 2.18. The summed E-state index contributed by atoms with van der Waals surface area (Å²) >= 11 is 0. The third kappa shape index (κ3) is 1.84. The fraction of sp³-hybridized carbons (Fsp3) is 0.250. The summed E-state index contributed by atoms with van der Waals surface area (Å²) in [6.07, 6.45) is 1.70. The van der Waals surface area contributed by atoms with E-state index in [1.165, 1.54) is 0 Å². The highest BCUT2D eigenvalue weighted by atomic mass is 16.6. The zero-order valence-electron chi connectivity index (χ0n) is 11.7. The minimum absolute atomic E-state index is 0.394. The Labute approximate surface area is 117 Å². The lowest BCUT2D eigenvalue weighted by molar-refractivity contribution is -0.147. The van der Waals surface area contributed by atoms with Gasteiger partial charge in [-0.25, -0.2) is 4.79 Å². The molecule has 0 saturated carbocycles. The number of hydrogen-bond acceptors (Lipinski definition) is 4. The first-order valence-electron chi connectivity index (χ1n) is 6.50. The Hall–Kier alpha value is -2.36. The third-order valence-corrected chi connectivity index (χ3v) is 3.19. The van der Waals surface area contributed by atoms with Crippen LogP contribution in [-0.2, 0) is 9.53 Å². The number of carbonyl (C=O) groups is 1. The quantitative estimate of drug-likeness (QED) is 0.808. The zero-order valence-corrected chi connectivity index (χ0v) is 11.7. The molecule has 1 heterocycles. The van der Waals surface area contributed by atoms with Gasteiger partial charge in [-0.3, -0.25) is 4.98 Å². The van der Waals surface area contributed by atoms with Crippen LogP contribution < -0.4 is 5.73 Å². The predicted octanol–water partition coefficient (Wildman–Crippen LogP) is 2.72. The maximum absolute atomic E-state index is 12.4. The highest BCUT2D eigenvalue weighted by Gasteiger charge is 2.31. The molecule has 0 amide bonds. The molecule has 102 valence electrons. The first-order valence-corrected chi connectivity index (χ1v) is 6.50. The van der Waals surface area contributed by atoms with Crippen molar-refractivity contribution in [3.05, 3.63) is 41.7 Å². The zero-order chi connectivity index (χ0) is 14.5. The largest absolute Gasteiger partial charge is 0.456 e. The van der Waals surface area contributed by atoms with Crippen LogP contribution in [0.4, 0.5) is 0 Å². The molecule has 0 spiro atoms. The summed E-state index contributed by atoms with van der Waals surface area (Å²) in [6.45, 7) is 5.51. The van der Waals surface area contributed by atoms with Gasteiger partial charge >= 0.3 is 5.97 Å². The van der Waals surface area contributed by atoms with Crippen molar-refractivity contribution in [3.8, 4) is 0 Å². The van der Waals surface area contributed by atoms with Gasteiger partial charge in [0.15, 0.2) is 0 Å². The number of esters is 1. The van der Waals surface area contributed by atoms with E-state index in [0.29, 0.717) is 17.0 Å². The van der Waals surface area contributed by atoms with Crippen LogP contribution in [0.15, 0.2) is 30.5 Å². The second-order valence-electron chi connectivity index (χ2n) is 5.85. The van der Waals surface area contributed by atoms with Crippen molar-refractivity contribution in [2.75, 3.05) is 0 Å². The van der Waals surface area contributed by atoms with Crippen molar-refractivity contribution < 1.29 is 9.53 Å². The van der Waals surface area contributed by atoms with Crippen molar-refractivity contribution in [2.24, 2.45) is 5.73 Å². The maximum Gasteiger partial charge on any atom is 0.341 e. The van der Waals surface area contributed by atoms with Gasteiger partial charge in [0.05, 0.1) is 17.0 Å². The number of nitrogens with two attached hydrogens (primary N) is 1. The van der Waals surface area contributed by atoms with Gasteiger partial charge in [-0.05, 0) is 32.2 Å². The Morgan fingerprint density at radius 1 is 1.25 bits per heavy atom. The van der Waals surface area contributed by atoms with Crippen LogP contribution in [0.2, 0.25) is 0 Å². The van der Waals surface area contributed by atoms with Gasteiger partial charge < -0.3 is 10.5 Å². The molecule has 0 fully saturated rings. The number of carbonyl (C=O) groups excluding carboxylic acids is 1. The summed E-state index contributed by atoms with van der Waals surface area (Å²) in [4.78, 5) is 16.7. The summed E-state index contributed by atoms with van der Waals surface area (Å²) < 4.78 is 5.45. The summed E-state index contributed by atoms with van der Waals surface area (Å²) in [5.41, 5.74) is 7.84. The molecule has 0 bridgehead atoms. The van der Waals surface area contributed by atoms with E-state index in [1.54, 1.807) is 6.20 Å². The van der Waals surface area contributed by atoms with Crippen LogP contribution in [0, 0.1) is 0 Å². The normalized spacial score (nSPS) is 13.9. The standard InChI is InChI=1S/C16H16N2O2/c1-16(2,3)20-15(19)12-10-6-4-5-9-7-8-18-14(11(9)10)13(12)17/h4-8H,17H2,1-3H3. The van der Waals surface area contributed by atoms with Crippen LogP contribution in [0.1, 0.15) is 32.0 Å². The molecule has 2 N–H and O–H groups in total. The van der Waals surface area contributed by atoms with Crippen molar-refractivity contribution in [3.63, 3.8) is 0 Å². The average Bonchev–Trinajstić information content (AvgIpc) is 2.63. The van der Waals surface area contributed by atoms with Crippen LogP contribution in [0.5, 0.6) is 0 Å². The molecule has 0 unspecified atom stereocenters. The highest BCUT2D eigenvalue weighted by Crippen LogP contribution is 2.39. The van der Waals surface area contributed by atoms with Gasteiger partial charge in [-0.2, -0.15) is 0 Å². The molecular formula is C16H16N2O2. The molecular weight excluding hydrogens is 252 g/mol. The van der Waals surface area contributed by atoms with Crippen LogP contribution >= 0.6 is 0 Å². The van der Waals surface area contributed by atoms with E-state index >= 15 is 0 Å². The van der Waals surface area contributed by atoms with E-state index in [2.05, 4.69) is 4.98 Å². The Bertz CT molecular complexity index is 749. The second kappa shape index (κ2) is 4.07. The first-order chi connectivity index (χ1) is 9.38. The molecule has 0 radical (unpaired) electrons. The Morgan fingerprint density at radius 3 is 2.70 bits per heavy atom. The molecule has 1 aromatic heterocycles. The first kappa shape index (κ1) is 12.7. The Kier molecular flexibility index (Phi) is 2.57. The lowest BCUT2D eigenvalue weighted by Gasteiger charge is -2.20. The van der Waals surface area contributed by atoms with Crippen LogP contribution in [0.25, 0.3) is 22.0 Å². The minimum atomic E-state index is -0.555. The van der Waals surface area contributed by atoms with Crippen LogP contribution in [0.3, 0.4) is 0 Å². The molecule has 0 atom stereocenters. The number of aromatic nitrogens is 1. The lowest BCUT2D eigenvalue weighted by atomic mass is 10.0. The Morgan fingerprint density at radius 2 is 2.00 bits per heavy atom. The SMILES string of the molecule is CC(C)(C)OC(=O)C1=C(N)c2nccc3cccc1c23. The molecule has 0 aliphatic heterocycles. The van der Waals surface area contributed by atoms with E-state index in [1.807, 2.05) is 45.0 Å². The molecule has 20 heavy (non-hydrogen) atoms. The predicted molar refractivity (Wildman–Crippen MR) is 78.6 cm³/mol. The fourth-order valence-corrected chi connectivity index (χ4v) is 2.46. The monoisotopic (exact) mass is 268 g/mol. The van der Waals surface area contributed by atoms with Crippen molar-refractivity contribution in [1.82, 2.24) is 4.98 Å². The van der Waals surface area contributed by atoms with Gasteiger partial charge in [-0.1, -0.05) is 18.2 Å². The number of pyridine rings is 1. The highest BCUT2D eigenvalue weighted by molar-refractivity contribution is 6.31. The summed E-state index contributed by atoms with van der Waals surface area (Å²) in [5.74, 6) is -0.402. The van der Waals surface area contributed by atoms with E-state index in [-0.39, 0.29) is 0 Å². The summed E-state index contributed by atoms with van der Waals surface area (Å²) in [6, 6.07) is 7.68. The van der Waals surface area contributed by atoms with Crippen LogP contribution in [-0.4, -0.2) is 16.6 Å². The summed E-state index contributed by atoms with van der Waals surface area (Å²) in [7, 11) is 0. The summed E-state index contributed by atoms with van der Waals surface area (Å²) in [5, 5.41) is 1.95. The van der Waals surface area contributed by atoms with Crippen molar-refractivity contribution >= 4 is 28.0 Å². The topological polar surface area (TPSA) is 65.2 Å². The molecule has 1 aliphatic rings. The van der Waals surface area contributed by atoms with Crippen molar-refractivity contribution in [1.29, 1.82) is 0 Å². The second-order valence-corrected chi connectivity index (χ2v) is 5.85. The van der Waals surface area contributed by atoms with E-state index in [4.69, 9.17) is 10.5 Å². The van der Waals surface area contributed by atoms with Gasteiger partial charge in [0.1, 0.15) is 5.60 Å². The van der Waals surface area contributed by atoms with E-state index in [9.17, 15) is 4.79 Å². The number of rotatable bonds is 1. The number of benzene rings is 1. The van der Waals surface area contributed by atoms with Crippen molar-refractivity contribution in [2.45, 2.75) is 26.4 Å². The molecule has 2 aromatic rings. The van der Waals surface area contributed by atoms with E-state index < -0.39 is 11.6 Å². The fourth-order valence-electron chi connectivity index (χ4n) is 2.46. The van der Waals surface area contributed by atoms with Gasteiger partial charge in [0.25, 0.3) is 0 Å². The minimum Gasteiger partial charge on any atom is -0.456 e. The van der Waals surface area contributed by atoms with E-state index in [0.717, 1.165) is 16.3 Å². The number of nitrogens with zero attached hydrogens (tertiary/aromatic N) is 1. The smallest absolute Gasteiger partial charge is 0.341 e. The molecule has 1 aliphatic carbocycles. The molecule has 0 saturated heterocycles. The maximum atomic E-state index is 12.4. The number of ether oxygens (including phenoxy) is 1.